The van der Waals surface area contributed by atoms with Crippen LogP contribution in [0.25, 0.3) is 0 Å². The molecule has 0 amide bonds. The van der Waals surface area contributed by atoms with E-state index in [1.807, 2.05) is 18.2 Å². The lowest BCUT2D eigenvalue weighted by molar-refractivity contribution is 0.459. The summed E-state index contributed by atoms with van der Waals surface area (Å²) in [5.74, 6) is 0. The smallest absolute Gasteiger partial charge is 0.0995 e. The van der Waals surface area contributed by atoms with Gasteiger partial charge in [0.05, 0.1) is 23.1 Å². The quantitative estimate of drug-likeness (QED) is 0.514. The second-order valence-corrected chi connectivity index (χ2v) is 7.13. The molecule has 0 N–H and O–H groups in total. The van der Waals surface area contributed by atoms with Gasteiger partial charge in [0.25, 0.3) is 0 Å². The molecule has 4 heteroatoms. The van der Waals surface area contributed by atoms with E-state index in [0.29, 0.717) is 17.0 Å². The van der Waals surface area contributed by atoms with Gasteiger partial charge in [0.1, 0.15) is 0 Å². The van der Waals surface area contributed by atoms with Crippen LogP contribution in [0.2, 0.25) is 5.02 Å². The Morgan fingerprint density at radius 1 is 1.12 bits per heavy atom. The molecule has 1 aromatic carbocycles. The topological polar surface area (TPSA) is 60.5 Å². The van der Waals surface area contributed by atoms with E-state index in [-0.39, 0.29) is 0 Å². The Labute approximate surface area is 161 Å². The summed E-state index contributed by atoms with van der Waals surface area (Å²) in [4.78, 5) is 4.18. The van der Waals surface area contributed by atoms with Gasteiger partial charge in [-0.1, -0.05) is 62.8 Å². The van der Waals surface area contributed by atoms with Gasteiger partial charge in [0.15, 0.2) is 0 Å². The molecule has 1 aromatic heterocycles. The van der Waals surface area contributed by atoms with Gasteiger partial charge in [-0.2, -0.15) is 10.5 Å². The second-order valence-electron chi connectivity index (χ2n) is 6.70. The zero-order chi connectivity index (χ0) is 18.8. The Morgan fingerprint density at radius 3 is 2.58 bits per heavy atom. The lowest BCUT2D eigenvalue weighted by atomic mass is 9.72. The minimum atomic E-state index is -0.745. The average molecular weight is 366 g/mol. The number of pyridine rings is 1. The summed E-state index contributed by atoms with van der Waals surface area (Å²) in [6, 6.07) is 13.9. The summed E-state index contributed by atoms with van der Waals surface area (Å²) < 4.78 is 0. The Bertz CT molecular complexity index is 789. The van der Waals surface area contributed by atoms with Crippen molar-refractivity contribution in [1.29, 1.82) is 10.5 Å². The third kappa shape index (κ3) is 5.07. The zero-order valence-corrected chi connectivity index (χ0v) is 16.0. The molecule has 2 aromatic rings. The van der Waals surface area contributed by atoms with Crippen LogP contribution in [0.4, 0.5) is 0 Å². The molecule has 134 valence electrons. The minimum Gasteiger partial charge on any atom is -0.264 e. The lowest BCUT2D eigenvalue weighted by Crippen LogP contribution is -2.28. The van der Waals surface area contributed by atoms with E-state index < -0.39 is 5.41 Å². The van der Waals surface area contributed by atoms with E-state index in [2.05, 4.69) is 24.0 Å². The summed E-state index contributed by atoms with van der Waals surface area (Å²) in [6.45, 7) is 2.19. The summed E-state index contributed by atoms with van der Waals surface area (Å²) in [6.07, 6.45) is 10.4. The number of benzene rings is 1. The van der Waals surface area contributed by atoms with Crippen molar-refractivity contribution in [3.8, 4) is 12.1 Å². The summed E-state index contributed by atoms with van der Waals surface area (Å²) in [5, 5.41) is 20.3. The van der Waals surface area contributed by atoms with Crippen molar-refractivity contribution in [2.75, 3.05) is 0 Å². The number of hydrogen-bond acceptors (Lipinski definition) is 3. The molecule has 26 heavy (non-hydrogen) atoms. The van der Waals surface area contributed by atoms with Crippen molar-refractivity contribution in [1.82, 2.24) is 4.98 Å². The zero-order valence-electron chi connectivity index (χ0n) is 15.2. The third-order valence-corrected chi connectivity index (χ3v) is 5.00. The first-order chi connectivity index (χ1) is 12.6. The first-order valence-electron chi connectivity index (χ1n) is 9.15. The van der Waals surface area contributed by atoms with Gasteiger partial charge in [-0.3, -0.25) is 4.98 Å². The predicted octanol–water partition coefficient (Wildman–Crippen LogP) is 5.97. The van der Waals surface area contributed by atoms with Crippen LogP contribution in [0.1, 0.15) is 62.1 Å². The molecule has 2 rings (SSSR count). The van der Waals surface area contributed by atoms with Crippen LogP contribution in [-0.4, -0.2) is 4.98 Å². The third-order valence-electron chi connectivity index (χ3n) is 4.77. The van der Waals surface area contributed by atoms with Crippen molar-refractivity contribution in [2.24, 2.45) is 0 Å². The van der Waals surface area contributed by atoms with E-state index >= 15 is 0 Å². The number of halogens is 1. The molecule has 3 nitrogen and oxygen atoms in total. The fourth-order valence-electron chi connectivity index (χ4n) is 3.38. The highest BCUT2D eigenvalue weighted by Gasteiger charge is 2.34. The van der Waals surface area contributed by atoms with Crippen LogP contribution in [0.3, 0.4) is 0 Å². The average Bonchev–Trinajstić information content (AvgIpc) is 2.67. The molecular formula is C22H24ClN3. The van der Waals surface area contributed by atoms with Crippen LogP contribution in [0.5, 0.6) is 0 Å². The summed E-state index contributed by atoms with van der Waals surface area (Å²) in [7, 11) is 0. The SMILES string of the molecule is CCCCCCCC(C#N)(Cc1cccnc1)c1ccc(Cl)cc1C#N. The maximum atomic E-state index is 10.2. The second kappa shape index (κ2) is 9.95. The van der Waals surface area contributed by atoms with Crippen molar-refractivity contribution in [2.45, 2.75) is 57.3 Å². The van der Waals surface area contributed by atoms with Crippen molar-refractivity contribution < 1.29 is 0 Å². The molecule has 0 radical (unpaired) electrons. The molecule has 0 saturated heterocycles. The van der Waals surface area contributed by atoms with E-state index in [4.69, 9.17) is 11.6 Å². The van der Waals surface area contributed by atoms with Gasteiger partial charge >= 0.3 is 0 Å². The van der Waals surface area contributed by atoms with E-state index in [1.165, 1.54) is 19.3 Å². The molecule has 0 bridgehead atoms. The molecule has 0 aliphatic rings. The molecule has 0 aliphatic carbocycles. The van der Waals surface area contributed by atoms with Gasteiger partial charge in [-0.25, -0.2) is 0 Å². The number of nitrogens with zero attached hydrogens (tertiary/aromatic N) is 3. The molecule has 0 fully saturated rings. The summed E-state index contributed by atoms with van der Waals surface area (Å²) >= 11 is 6.07. The van der Waals surface area contributed by atoms with Crippen LogP contribution in [0, 0.1) is 22.7 Å². The Balaban J connectivity index is 2.37. The fraction of sp³-hybridized carbons (Fsp3) is 0.409. The van der Waals surface area contributed by atoms with Crippen molar-refractivity contribution in [3.05, 3.63) is 64.4 Å². The Kier molecular flexibility index (Phi) is 7.64. The van der Waals surface area contributed by atoms with Gasteiger partial charge in [-0.05, 0) is 42.2 Å². The van der Waals surface area contributed by atoms with Crippen LogP contribution in [0.15, 0.2) is 42.7 Å². The standard InChI is InChI=1S/C22H24ClN3/c1-2-3-4-5-6-11-22(17-25,14-18-8-7-12-26-16-18)21-10-9-20(23)13-19(21)15-24/h7-10,12-13,16H,2-6,11,14H2,1H3. The monoisotopic (exact) mass is 365 g/mol. The highest BCUT2D eigenvalue weighted by molar-refractivity contribution is 6.30. The maximum Gasteiger partial charge on any atom is 0.0995 e. The van der Waals surface area contributed by atoms with E-state index in [0.717, 1.165) is 30.4 Å². The maximum absolute atomic E-state index is 10.2. The molecule has 0 saturated carbocycles. The van der Waals surface area contributed by atoms with Gasteiger partial charge < -0.3 is 0 Å². The minimum absolute atomic E-state index is 0.483. The first-order valence-corrected chi connectivity index (χ1v) is 9.53. The molecule has 1 atom stereocenters. The van der Waals surface area contributed by atoms with E-state index in [1.54, 1.807) is 24.5 Å². The first kappa shape index (κ1) is 20.0. The van der Waals surface area contributed by atoms with E-state index in [9.17, 15) is 10.5 Å². The highest BCUT2D eigenvalue weighted by Crippen LogP contribution is 2.36. The number of aromatic nitrogens is 1. The molecule has 0 spiro atoms. The number of hydrogen-bond donors (Lipinski definition) is 0. The molecule has 1 unspecified atom stereocenters. The van der Waals surface area contributed by atoms with Crippen LogP contribution >= 0.6 is 11.6 Å². The molecule has 1 heterocycles. The predicted molar refractivity (Wildman–Crippen MR) is 105 cm³/mol. The fourth-order valence-corrected chi connectivity index (χ4v) is 3.55. The largest absolute Gasteiger partial charge is 0.264 e. The Hall–Kier alpha value is -2.36. The van der Waals surface area contributed by atoms with Crippen molar-refractivity contribution >= 4 is 11.6 Å². The number of rotatable bonds is 9. The lowest BCUT2D eigenvalue weighted by Gasteiger charge is -2.28. The van der Waals surface area contributed by atoms with Crippen molar-refractivity contribution in [3.63, 3.8) is 0 Å². The van der Waals surface area contributed by atoms with Crippen LogP contribution in [-0.2, 0) is 11.8 Å². The van der Waals surface area contributed by atoms with Crippen LogP contribution < -0.4 is 0 Å². The number of unbranched alkanes of at least 4 members (excludes halogenated alkanes) is 4. The highest BCUT2D eigenvalue weighted by atomic mass is 35.5. The Morgan fingerprint density at radius 2 is 1.92 bits per heavy atom. The van der Waals surface area contributed by atoms with Gasteiger partial charge in [-0.15, -0.1) is 0 Å². The number of nitriles is 2. The molecule has 0 aliphatic heterocycles. The summed E-state index contributed by atoms with van der Waals surface area (Å²) in [5.41, 5.74) is 1.51. The van der Waals surface area contributed by atoms with Gasteiger partial charge in [0.2, 0.25) is 0 Å². The normalized spacial score (nSPS) is 12.8. The molecular weight excluding hydrogens is 342 g/mol. The van der Waals surface area contributed by atoms with Gasteiger partial charge in [0, 0.05) is 17.4 Å².